The summed E-state index contributed by atoms with van der Waals surface area (Å²) >= 11 is 0. The molecule has 27 heavy (non-hydrogen) atoms. The highest BCUT2D eigenvalue weighted by Crippen LogP contribution is 2.59. The minimum Gasteiger partial charge on any atom is -0.348 e. The average molecular weight is 369 g/mol. The number of hydrogen-bond acceptors (Lipinski definition) is 2. The minimum absolute atomic E-state index is 0.263. The van der Waals surface area contributed by atoms with E-state index >= 15 is 0 Å². The van der Waals surface area contributed by atoms with Crippen molar-refractivity contribution in [1.82, 2.24) is 0 Å². The summed E-state index contributed by atoms with van der Waals surface area (Å²) in [6.45, 7) is 12.7. The van der Waals surface area contributed by atoms with Crippen LogP contribution >= 0.6 is 0 Å². The Bertz CT molecular complexity index is 694. The van der Waals surface area contributed by atoms with Crippen LogP contribution in [-0.2, 0) is 9.47 Å². The summed E-state index contributed by atoms with van der Waals surface area (Å²) in [5, 5.41) is 0. The predicted molar refractivity (Wildman–Crippen MR) is 113 cm³/mol. The van der Waals surface area contributed by atoms with Crippen molar-refractivity contribution in [3.63, 3.8) is 0 Å². The number of allylic oxidation sites excluding steroid dienone is 10. The molecule has 0 bridgehead atoms. The van der Waals surface area contributed by atoms with Crippen LogP contribution in [0.2, 0.25) is 0 Å². The number of fused-ring (bicyclic) bond motifs is 1. The molecule has 3 fully saturated rings. The van der Waals surface area contributed by atoms with Gasteiger partial charge in [-0.15, -0.1) is 0 Å². The highest BCUT2D eigenvalue weighted by atomic mass is 16.7. The minimum atomic E-state index is -0.263. The first-order valence-corrected chi connectivity index (χ1v) is 10.5. The summed E-state index contributed by atoms with van der Waals surface area (Å²) in [4.78, 5) is 0. The summed E-state index contributed by atoms with van der Waals surface area (Å²) in [6, 6.07) is 0. The fourth-order valence-electron chi connectivity index (χ4n) is 5.08. The van der Waals surface area contributed by atoms with Gasteiger partial charge in [0.15, 0.2) is 5.79 Å². The van der Waals surface area contributed by atoms with E-state index in [2.05, 4.69) is 71.1 Å². The third-order valence-corrected chi connectivity index (χ3v) is 6.70. The summed E-state index contributed by atoms with van der Waals surface area (Å²) in [6.07, 6.45) is 18.9. The van der Waals surface area contributed by atoms with Crippen LogP contribution in [0, 0.1) is 11.3 Å². The van der Waals surface area contributed by atoms with E-state index in [0.29, 0.717) is 11.3 Å². The summed E-state index contributed by atoms with van der Waals surface area (Å²) in [5.74, 6) is 0.424. The van der Waals surface area contributed by atoms with Crippen molar-refractivity contribution in [3.8, 4) is 0 Å². The van der Waals surface area contributed by atoms with Gasteiger partial charge in [-0.1, -0.05) is 65.7 Å². The van der Waals surface area contributed by atoms with Gasteiger partial charge in [0.25, 0.3) is 0 Å². The molecule has 3 rings (SSSR count). The lowest BCUT2D eigenvalue weighted by Crippen LogP contribution is -2.43. The molecule has 1 heterocycles. The molecule has 3 aliphatic rings. The second-order valence-electron chi connectivity index (χ2n) is 9.00. The van der Waals surface area contributed by atoms with E-state index in [9.17, 15) is 0 Å². The molecule has 1 spiro atoms. The zero-order valence-electron chi connectivity index (χ0n) is 17.8. The molecule has 148 valence electrons. The average Bonchev–Trinajstić information content (AvgIpc) is 3.20. The number of rotatable bonds is 4. The van der Waals surface area contributed by atoms with Crippen LogP contribution in [0.5, 0.6) is 0 Å². The first-order valence-electron chi connectivity index (χ1n) is 10.5. The highest BCUT2D eigenvalue weighted by Gasteiger charge is 2.53. The van der Waals surface area contributed by atoms with Crippen LogP contribution in [0.4, 0.5) is 0 Å². The van der Waals surface area contributed by atoms with Crippen molar-refractivity contribution in [2.24, 2.45) is 11.3 Å². The molecule has 0 N–H and O–H groups in total. The van der Waals surface area contributed by atoms with Crippen molar-refractivity contribution < 1.29 is 9.47 Å². The van der Waals surface area contributed by atoms with Crippen LogP contribution in [0.1, 0.15) is 66.7 Å². The van der Waals surface area contributed by atoms with Crippen LogP contribution in [0.25, 0.3) is 0 Å². The zero-order chi connectivity index (χ0) is 19.5. The fraction of sp³-hybridized carbons (Fsp3) is 0.600. The largest absolute Gasteiger partial charge is 0.348 e. The lowest BCUT2D eigenvalue weighted by Gasteiger charge is -2.45. The van der Waals surface area contributed by atoms with Crippen molar-refractivity contribution in [2.75, 3.05) is 13.2 Å². The van der Waals surface area contributed by atoms with Gasteiger partial charge in [-0.2, -0.15) is 0 Å². The Hall–Kier alpha value is -1.38. The van der Waals surface area contributed by atoms with Gasteiger partial charge in [-0.3, -0.25) is 0 Å². The normalized spacial score (nSPS) is 32.5. The topological polar surface area (TPSA) is 18.5 Å². The molecule has 2 saturated carbocycles. The van der Waals surface area contributed by atoms with Crippen molar-refractivity contribution in [3.05, 3.63) is 58.7 Å². The van der Waals surface area contributed by atoms with Gasteiger partial charge in [-0.05, 0) is 58.3 Å². The maximum Gasteiger partial charge on any atom is 0.168 e. The lowest BCUT2D eigenvalue weighted by atomic mass is 9.65. The van der Waals surface area contributed by atoms with Gasteiger partial charge >= 0.3 is 0 Å². The Morgan fingerprint density at radius 2 is 1.67 bits per heavy atom. The smallest absolute Gasteiger partial charge is 0.168 e. The molecule has 0 aromatic rings. The van der Waals surface area contributed by atoms with E-state index in [-0.39, 0.29) is 5.79 Å². The third kappa shape index (κ3) is 4.55. The third-order valence-electron chi connectivity index (χ3n) is 6.70. The second-order valence-corrected chi connectivity index (χ2v) is 9.00. The molecule has 2 heteroatoms. The summed E-state index contributed by atoms with van der Waals surface area (Å²) < 4.78 is 12.0. The van der Waals surface area contributed by atoms with Crippen molar-refractivity contribution in [2.45, 2.75) is 72.5 Å². The van der Waals surface area contributed by atoms with Gasteiger partial charge in [0.1, 0.15) is 0 Å². The molecule has 0 unspecified atom stereocenters. The van der Waals surface area contributed by atoms with E-state index in [4.69, 9.17) is 9.47 Å². The van der Waals surface area contributed by atoms with E-state index in [1.165, 1.54) is 36.0 Å². The Kier molecular flexibility index (Phi) is 6.28. The van der Waals surface area contributed by atoms with Crippen molar-refractivity contribution in [1.29, 1.82) is 0 Å². The molecule has 0 aromatic heterocycles. The zero-order valence-corrected chi connectivity index (χ0v) is 17.8. The molecular formula is C25H36O2. The predicted octanol–water partition coefficient (Wildman–Crippen LogP) is 6.67. The molecule has 1 aliphatic heterocycles. The fourth-order valence-corrected chi connectivity index (χ4v) is 5.08. The van der Waals surface area contributed by atoms with Gasteiger partial charge in [0.05, 0.1) is 13.2 Å². The summed E-state index contributed by atoms with van der Waals surface area (Å²) in [7, 11) is 0. The standard InChI is InChI=1S/C25H36O2/c1-19(2)8-6-9-20(3)10-7-11-21(4)23-13-12-22-18-25(26-16-17-27-25)15-14-24(22,23)5/h6-11,22H,12-18H2,1-5H3/b9-6+,11-7+,20-10+,23-21-/t22-,24-/m0/s1. The molecule has 0 aromatic carbocycles. The van der Waals surface area contributed by atoms with E-state index in [1.807, 2.05) is 0 Å². The second kappa shape index (κ2) is 8.32. The number of hydrogen-bond donors (Lipinski definition) is 0. The molecule has 0 amide bonds. The Morgan fingerprint density at radius 3 is 2.37 bits per heavy atom. The van der Waals surface area contributed by atoms with Crippen LogP contribution in [0.3, 0.4) is 0 Å². The van der Waals surface area contributed by atoms with Gasteiger partial charge in [0.2, 0.25) is 0 Å². The monoisotopic (exact) mass is 368 g/mol. The lowest BCUT2D eigenvalue weighted by molar-refractivity contribution is -0.199. The Morgan fingerprint density at radius 1 is 0.963 bits per heavy atom. The van der Waals surface area contributed by atoms with Crippen molar-refractivity contribution >= 4 is 0 Å². The van der Waals surface area contributed by atoms with E-state index in [1.54, 1.807) is 5.57 Å². The molecular weight excluding hydrogens is 332 g/mol. The van der Waals surface area contributed by atoms with Gasteiger partial charge in [-0.25, -0.2) is 0 Å². The summed E-state index contributed by atoms with van der Waals surface area (Å²) in [5.41, 5.74) is 6.01. The van der Waals surface area contributed by atoms with Gasteiger partial charge in [0, 0.05) is 12.8 Å². The first kappa shape index (κ1) is 20.4. The first-order chi connectivity index (χ1) is 12.8. The Balaban J connectivity index is 1.69. The maximum absolute atomic E-state index is 6.00. The molecule has 2 aliphatic carbocycles. The molecule has 1 saturated heterocycles. The van der Waals surface area contributed by atoms with E-state index in [0.717, 1.165) is 26.1 Å². The van der Waals surface area contributed by atoms with Crippen LogP contribution in [-0.4, -0.2) is 19.0 Å². The molecule has 0 radical (unpaired) electrons. The van der Waals surface area contributed by atoms with Crippen LogP contribution < -0.4 is 0 Å². The van der Waals surface area contributed by atoms with Crippen LogP contribution in [0.15, 0.2) is 58.7 Å². The highest BCUT2D eigenvalue weighted by molar-refractivity contribution is 5.35. The van der Waals surface area contributed by atoms with E-state index < -0.39 is 0 Å². The SMILES string of the molecule is CC(C)=C/C=C/C(C)=C/C=C/C(C)=C1/CC[C@H]2CC3(CC[C@]12C)OCCO3. The number of ether oxygens (including phenoxy) is 2. The Labute approximate surface area is 165 Å². The van der Waals surface area contributed by atoms with Gasteiger partial charge < -0.3 is 9.47 Å². The maximum atomic E-state index is 6.00. The quantitative estimate of drug-likeness (QED) is 0.516. The molecule has 2 atom stereocenters. The molecule has 2 nitrogen and oxygen atoms in total.